The Morgan fingerprint density at radius 2 is 2.00 bits per heavy atom. The number of hydrogen-bond donors (Lipinski definition) is 2. The minimum Gasteiger partial charge on any atom is -0.352 e. The summed E-state index contributed by atoms with van der Waals surface area (Å²) in [5.41, 5.74) is 1.11. The van der Waals surface area contributed by atoms with Crippen LogP contribution in [0.2, 0.25) is 0 Å². The van der Waals surface area contributed by atoms with Crippen molar-refractivity contribution in [2.45, 2.75) is 19.9 Å². The van der Waals surface area contributed by atoms with Crippen LogP contribution < -0.4 is 10.6 Å². The Hall–Kier alpha value is -0.870. The van der Waals surface area contributed by atoms with Gasteiger partial charge in [-0.25, -0.2) is 0 Å². The molecule has 4 heteroatoms. The van der Waals surface area contributed by atoms with E-state index in [2.05, 4.69) is 26.6 Å². The summed E-state index contributed by atoms with van der Waals surface area (Å²) in [4.78, 5) is 11.8. The standard InChI is InChI=1S/C13H19BrN2O/c1-3-11(9-15-2)13(17)16-8-10-4-6-12(14)7-5-10/h4-7,11,15H,3,8-9H2,1-2H3,(H,16,17). The zero-order valence-corrected chi connectivity index (χ0v) is 11.9. The monoisotopic (exact) mass is 298 g/mol. The molecule has 17 heavy (non-hydrogen) atoms. The van der Waals surface area contributed by atoms with E-state index in [9.17, 15) is 4.79 Å². The lowest BCUT2D eigenvalue weighted by molar-refractivity contribution is -0.125. The average Bonchev–Trinajstić information content (AvgIpc) is 2.35. The van der Waals surface area contributed by atoms with Gasteiger partial charge in [-0.15, -0.1) is 0 Å². The SMILES string of the molecule is CCC(CNC)C(=O)NCc1ccc(Br)cc1. The minimum atomic E-state index is 0.0513. The summed E-state index contributed by atoms with van der Waals surface area (Å²) in [6, 6.07) is 7.96. The summed E-state index contributed by atoms with van der Waals surface area (Å²) in [5.74, 6) is 0.167. The van der Waals surface area contributed by atoms with Crippen LogP contribution in [0.5, 0.6) is 0 Å². The number of carbonyl (C=O) groups excluding carboxylic acids is 1. The first-order valence-corrected chi connectivity index (χ1v) is 6.63. The van der Waals surface area contributed by atoms with Gasteiger partial charge in [-0.2, -0.15) is 0 Å². The van der Waals surface area contributed by atoms with E-state index in [1.807, 2.05) is 38.2 Å². The molecule has 0 aliphatic rings. The summed E-state index contributed by atoms with van der Waals surface area (Å²) >= 11 is 3.38. The molecule has 0 saturated heterocycles. The molecule has 0 aliphatic carbocycles. The van der Waals surface area contributed by atoms with Gasteiger partial charge < -0.3 is 10.6 Å². The molecular formula is C13H19BrN2O. The van der Waals surface area contributed by atoms with Crippen LogP contribution in [0.4, 0.5) is 0 Å². The summed E-state index contributed by atoms with van der Waals surface area (Å²) in [5, 5.41) is 6.00. The maximum atomic E-state index is 11.8. The van der Waals surface area contributed by atoms with Crippen LogP contribution in [-0.4, -0.2) is 19.5 Å². The van der Waals surface area contributed by atoms with Crippen molar-refractivity contribution in [2.75, 3.05) is 13.6 Å². The van der Waals surface area contributed by atoms with E-state index in [4.69, 9.17) is 0 Å². The third-order valence-corrected chi connectivity index (χ3v) is 3.22. The van der Waals surface area contributed by atoms with E-state index in [1.165, 1.54) is 0 Å². The number of halogens is 1. The zero-order valence-electron chi connectivity index (χ0n) is 10.3. The van der Waals surface area contributed by atoms with Crippen molar-refractivity contribution < 1.29 is 4.79 Å². The highest BCUT2D eigenvalue weighted by molar-refractivity contribution is 9.10. The van der Waals surface area contributed by atoms with Crippen LogP contribution in [0.15, 0.2) is 28.7 Å². The van der Waals surface area contributed by atoms with Gasteiger partial charge in [-0.05, 0) is 31.2 Å². The molecule has 0 aromatic heterocycles. The molecule has 1 rings (SSSR count). The van der Waals surface area contributed by atoms with Crippen molar-refractivity contribution in [3.8, 4) is 0 Å². The highest BCUT2D eigenvalue weighted by Gasteiger charge is 2.14. The van der Waals surface area contributed by atoms with Crippen LogP contribution in [0.25, 0.3) is 0 Å². The summed E-state index contributed by atoms with van der Waals surface area (Å²) in [6.07, 6.45) is 0.854. The molecule has 0 fully saturated rings. The number of nitrogens with one attached hydrogen (secondary N) is 2. The van der Waals surface area contributed by atoms with Crippen molar-refractivity contribution in [1.29, 1.82) is 0 Å². The highest BCUT2D eigenvalue weighted by atomic mass is 79.9. The van der Waals surface area contributed by atoms with Gasteiger partial charge >= 0.3 is 0 Å². The predicted octanol–water partition coefficient (Wildman–Crippen LogP) is 2.31. The zero-order chi connectivity index (χ0) is 12.7. The van der Waals surface area contributed by atoms with Gasteiger partial charge in [-0.3, -0.25) is 4.79 Å². The lowest BCUT2D eigenvalue weighted by Gasteiger charge is -2.14. The Kier molecular flexibility index (Phi) is 6.22. The Morgan fingerprint density at radius 3 is 2.53 bits per heavy atom. The molecule has 1 atom stereocenters. The fourth-order valence-electron chi connectivity index (χ4n) is 1.60. The molecule has 2 N–H and O–H groups in total. The Morgan fingerprint density at radius 1 is 1.35 bits per heavy atom. The minimum absolute atomic E-state index is 0.0513. The van der Waals surface area contributed by atoms with Crippen LogP contribution in [-0.2, 0) is 11.3 Å². The molecule has 0 bridgehead atoms. The van der Waals surface area contributed by atoms with Crippen LogP contribution in [0.3, 0.4) is 0 Å². The highest BCUT2D eigenvalue weighted by Crippen LogP contribution is 2.10. The quantitative estimate of drug-likeness (QED) is 0.846. The van der Waals surface area contributed by atoms with Crippen LogP contribution >= 0.6 is 15.9 Å². The second-order valence-corrected chi connectivity index (χ2v) is 4.92. The van der Waals surface area contributed by atoms with Crippen LogP contribution in [0.1, 0.15) is 18.9 Å². The largest absolute Gasteiger partial charge is 0.352 e. The fraction of sp³-hybridized carbons (Fsp3) is 0.462. The molecule has 0 spiro atoms. The second-order valence-electron chi connectivity index (χ2n) is 4.01. The van der Waals surface area contributed by atoms with Crippen molar-refractivity contribution in [3.05, 3.63) is 34.3 Å². The topological polar surface area (TPSA) is 41.1 Å². The average molecular weight is 299 g/mol. The van der Waals surface area contributed by atoms with Gasteiger partial charge in [0.25, 0.3) is 0 Å². The van der Waals surface area contributed by atoms with Gasteiger partial charge in [0, 0.05) is 17.6 Å². The van der Waals surface area contributed by atoms with E-state index in [-0.39, 0.29) is 11.8 Å². The molecular weight excluding hydrogens is 280 g/mol. The third-order valence-electron chi connectivity index (χ3n) is 2.69. The maximum absolute atomic E-state index is 11.8. The van der Waals surface area contributed by atoms with Gasteiger partial charge in [0.05, 0.1) is 5.92 Å². The molecule has 94 valence electrons. The lowest BCUT2D eigenvalue weighted by Crippen LogP contribution is -2.35. The third kappa shape index (κ3) is 4.88. The van der Waals surface area contributed by atoms with Crippen molar-refractivity contribution in [2.24, 2.45) is 5.92 Å². The van der Waals surface area contributed by atoms with Crippen molar-refractivity contribution in [1.82, 2.24) is 10.6 Å². The number of carbonyl (C=O) groups is 1. The first-order chi connectivity index (χ1) is 8.17. The first-order valence-electron chi connectivity index (χ1n) is 5.84. The van der Waals surface area contributed by atoms with E-state index >= 15 is 0 Å². The smallest absolute Gasteiger partial charge is 0.224 e. The molecule has 1 unspecified atom stereocenters. The van der Waals surface area contributed by atoms with Gasteiger partial charge in [0.15, 0.2) is 0 Å². The molecule has 0 radical (unpaired) electrons. The van der Waals surface area contributed by atoms with Crippen molar-refractivity contribution >= 4 is 21.8 Å². The number of amides is 1. The van der Waals surface area contributed by atoms with Gasteiger partial charge in [0.1, 0.15) is 0 Å². The van der Waals surface area contributed by atoms with E-state index in [0.29, 0.717) is 6.54 Å². The van der Waals surface area contributed by atoms with E-state index < -0.39 is 0 Å². The first kappa shape index (κ1) is 14.2. The second kappa shape index (κ2) is 7.45. The molecule has 0 aliphatic heterocycles. The molecule has 0 heterocycles. The van der Waals surface area contributed by atoms with Gasteiger partial charge in [-0.1, -0.05) is 35.0 Å². The van der Waals surface area contributed by atoms with E-state index in [1.54, 1.807) is 0 Å². The Balaban J connectivity index is 2.44. The van der Waals surface area contributed by atoms with Crippen molar-refractivity contribution in [3.63, 3.8) is 0 Å². The molecule has 3 nitrogen and oxygen atoms in total. The van der Waals surface area contributed by atoms with Crippen LogP contribution in [0, 0.1) is 5.92 Å². The van der Waals surface area contributed by atoms with Gasteiger partial charge in [0.2, 0.25) is 5.91 Å². The molecule has 1 aromatic carbocycles. The molecule has 1 aromatic rings. The predicted molar refractivity (Wildman–Crippen MR) is 73.7 cm³/mol. The number of hydrogen-bond acceptors (Lipinski definition) is 2. The summed E-state index contributed by atoms with van der Waals surface area (Å²) in [7, 11) is 1.87. The summed E-state index contributed by atoms with van der Waals surface area (Å²) < 4.78 is 1.05. The number of rotatable bonds is 6. The Labute approximate surface area is 111 Å². The molecule has 1 amide bonds. The Bertz CT molecular complexity index is 351. The van der Waals surface area contributed by atoms with E-state index in [0.717, 1.165) is 23.0 Å². The molecule has 0 saturated carbocycles. The number of benzene rings is 1. The normalized spacial score (nSPS) is 12.2. The maximum Gasteiger partial charge on any atom is 0.224 e. The lowest BCUT2D eigenvalue weighted by atomic mass is 10.1. The fourth-order valence-corrected chi connectivity index (χ4v) is 1.87. The summed E-state index contributed by atoms with van der Waals surface area (Å²) in [6.45, 7) is 3.34.